The Labute approximate surface area is 140 Å². The number of nitrogens with one attached hydrogen (secondary N) is 2. The molecule has 2 atom stereocenters. The topological polar surface area (TPSA) is 64.9 Å². The summed E-state index contributed by atoms with van der Waals surface area (Å²) in [5, 5.41) is 14.7. The monoisotopic (exact) mass is 341 g/mol. The van der Waals surface area contributed by atoms with E-state index in [4.69, 9.17) is 0 Å². The quantitative estimate of drug-likeness (QED) is 0.833. The number of rotatable bonds is 6. The Kier molecular flexibility index (Phi) is 6.38. The van der Waals surface area contributed by atoms with Gasteiger partial charge in [-0.1, -0.05) is 26.0 Å². The molecule has 0 aliphatic rings. The first kappa shape index (κ1) is 20.0. The maximum Gasteiger partial charge on any atom is 0.416 e. The van der Waals surface area contributed by atoms with Crippen LogP contribution >= 0.6 is 0 Å². The van der Waals surface area contributed by atoms with Crippen LogP contribution in [0, 0.1) is 17.2 Å². The van der Waals surface area contributed by atoms with Gasteiger partial charge in [0.2, 0.25) is 5.91 Å². The summed E-state index contributed by atoms with van der Waals surface area (Å²) in [5.41, 5.74) is -1.28. The molecule has 4 nitrogen and oxygen atoms in total. The van der Waals surface area contributed by atoms with Crippen molar-refractivity contribution in [2.45, 2.75) is 45.5 Å². The minimum atomic E-state index is -4.40. The fraction of sp³-hybridized carbons (Fsp3) is 0.529. The number of benzene rings is 1. The van der Waals surface area contributed by atoms with Crippen molar-refractivity contribution in [1.29, 1.82) is 5.26 Å². The zero-order valence-corrected chi connectivity index (χ0v) is 14.2. The second-order valence-corrected chi connectivity index (χ2v) is 6.24. The van der Waals surface area contributed by atoms with Crippen LogP contribution < -0.4 is 10.6 Å². The largest absolute Gasteiger partial charge is 0.416 e. The third-order valence-corrected chi connectivity index (χ3v) is 4.07. The van der Waals surface area contributed by atoms with E-state index in [1.165, 1.54) is 6.07 Å². The maximum atomic E-state index is 12.7. The van der Waals surface area contributed by atoms with E-state index < -0.39 is 23.3 Å². The van der Waals surface area contributed by atoms with Crippen LogP contribution in [0.3, 0.4) is 0 Å². The first-order valence-electron chi connectivity index (χ1n) is 7.62. The molecule has 1 aromatic rings. The summed E-state index contributed by atoms with van der Waals surface area (Å²) in [6.07, 6.45) is -4.40. The Balaban J connectivity index is 2.68. The van der Waals surface area contributed by atoms with E-state index in [0.717, 1.165) is 12.1 Å². The molecule has 0 bridgehead atoms. The first-order valence-corrected chi connectivity index (χ1v) is 7.62. The molecule has 1 aromatic carbocycles. The lowest BCUT2D eigenvalue weighted by Gasteiger charge is -2.27. The standard InChI is InChI=1S/C17H22F3N3O/c1-11(2)16(4,10-21)23-15(24)9-22-12(3)13-6-5-7-14(8-13)17(18,19)20/h5-8,11-12,22H,9H2,1-4H3,(H,23,24)/t12-,16+/m0/s1. The predicted octanol–water partition coefficient (Wildman–Crippen LogP) is 3.41. The summed E-state index contributed by atoms with van der Waals surface area (Å²) < 4.78 is 38.2. The Bertz CT molecular complexity index is 622. The fourth-order valence-electron chi connectivity index (χ4n) is 1.98. The van der Waals surface area contributed by atoms with Crippen molar-refractivity contribution in [2.24, 2.45) is 5.92 Å². The van der Waals surface area contributed by atoms with Crippen molar-refractivity contribution in [3.05, 3.63) is 35.4 Å². The van der Waals surface area contributed by atoms with E-state index >= 15 is 0 Å². The molecule has 0 saturated carbocycles. The number of hydrogen-bond acceptors (Lipinski definition) is 3. The van der Waals surface area contributed by atoms with Gasteiger partial charge in [0.1, 0.15) is 5.54 Å². The van der Waals surface area contributed by atoms with Gasteiger partial charge in [-0.15, -0.1) is 0 Å². The Morgan fingerprint density at radius 3 is 2.42 bits per heavy atom. The molecule has 1 rings (SSSR count). The molecule has 0 fully saturated rings. The molecule has 0 saturated heterocycles. The lowest BCUT2D eigenvalue weighted by molar-refractivity contribution is -0.137. The van der Waals surface area contributed by atoms with Gasteiger partial charge < -0.3 is 10.6 Å². The van der Waals surface area contributed by atoms with Gasteiger partial charge in [0.25, 0.3) is 0 Å². The molecule has 0 aliphatic heterocycles. The fourth-order valence-corrected chi connectivity index (χ4v) is 1.98. The Hall–Kier alpha value is -2.07. The van der Waals surface area contributed by atoms with E-state index in [1.807, 2.05) is 13.8 Å². The number of alkyl halides is 3. The summed E-state index contributed by atoms with van der Waals surface area (Å²) >= 11 is 0. The maximum absolute atomic E-state index is 12.7. The van der Waals surface area contributed by atoms with Crippen LogP contribution in [-0.2, 0) is 11.0 Å². The van der Waals surface area contributed by atoms with Gasteiger partial charge >= 0.3 is 6.18 Å². The van der Waals surface area contributed by atoms with Gasteiger partial charge in [0, 0.05) is 6.04 Å². The zero-order valence-electron chi connectivity index (χ0n) is 14.2. The van der Waals surface area contributed by atoms with Crippen molar-refractivity contribution in [1.82, 2.24) is 10.6 Å². The second kappa shape index (κ2) is 7.67. The minimum Gasteiger partial charge on any atom is -0.337 e. The SMILES string of the molecule is CC(C)[C@@](C)(C#N)NC(=O)CN[C@@H](C)c1cccc(C(F)(F)F)c1. The summed E-state index contributed by atoms with van der Waals surface area (Å²) in [5.74, 6) is -0.459. The molecule has 24 heavy (non-hydrogen) atoms. The van der Waals surface area contributed by atoms with Gasteiger partial charge in [-0.05, 0) is 37.5 Å². The molecule has 0 aromatic heterocycles. The van der Waals surface area contributed by atoms with Gasteiger partial charge in [-0.25, -0.2) is 0 Å². The molecule has 7 heteroatoms. The van der Waals surface area contributed by atoms with Gasteiger partial charge in [-0.3, -0.25) is 4.79 Å². The summed E-state index contributed by atoms with van der Waals surface area (Å²) in [6, 6.07) is 6.59. The van der Waals surface area contributed by atoms with Gasteiger partial charge in [-0.2, -0.15) is 18.4 Å². The molecule has 0 aliphatic carbocycles. The van der Waals surface area contributed by atoms with Crippen LogP contribution in [0.5, 0.6) is 0 Å². The third-order valence-electron chi connectivity index (χ3n) is 4.07. The number of carbonyl (C=O) groups is 1. The summed E-state index contributed by atoms with van der Waals surface area (Å²) in [6.45, 7) is 6.85. The van der Waals surface area contributed by atoms with Crippen molar-refractivity contribution < 1.29 is 18.0 Å². The van der Waals surface area contributed by atoms with Crippen LogP contribution in [0.2, 0.25) is 0 Å². The zero-order chi connectivity index (χ0) is 18.5. The predicted molar refractivity (Wildman–Crippen MR) is 84.9 cm³/mol. The molecule has 132 valence electrons. The van der Waals surface area contributed by atoms with Gasteiger partial charge in [0.05, 0.1) is 18.2 Å². The molecule has 0 unspecified atom stereocenters. The van der Waals surface area contributed by atoms with Crippen molar-refractivity contribution in [3.8, 4) is 6.07 Å². The average molecular weight is 341 g/mol. The number of nitrogens with zero attached hydrogens (tertiary/aromatic N) is 1. The highest BCUT2D eigenvalue weighted by molar-refractivity contribution is 5.79. The number of amides is 1. The van der Waals surface area contributed by atoms with Crippen molar-refractivity contribution >= 4 is 5.91 Å². The number of halogens is 3. The molecule has 0 heterocycles. The van der Waals surface area contributed by atoms with E-state index in [2.05, 4.69) is 16.7 Å². The average Bonchev–Trinajstić information content (AvgIpc) is 2.51. The number of hydrogen-bond donors (Lipinski definition) is 2. The molecular formula is C17H22F3N3O. The second-order valence-electron chi connectivity index (χ2n) is 6.24. The van der Waals surface area contributed by atoms with Crippen LogP contribution in [0.15, 0.2) is 24.3 Å². The smallest absolute Gasteiger partial charge is 0.337 e. The highest BCUT2D eigenvalue weighted by Gasteiger charge is 2.31. The molecular weight excluding hydrogens is 319 g/mol. The normalized spacial score (nSPS) is 15.5. The summed E-state index contributed by atoms with van der Waals surface area (Å²) in [7, 11) is 0. The molecule has 0 radical (unpaired) electrons. The highest BCUT2D eigenvalue weighted by atomic mass is 19.4. The molecule has 0 spiro atoms. The Morgan fingerprint density at radius 2 is 1.92 bits per heavy atom. The van der Waals surface area contributed by atoms with Crippen molar-refractivity contribution in [3.63, 3.8) is 0 Å². The van der Waals surface area contributed by atoms with E-state index in [1.54, 1.807) is 19.9 Å². The highest BCUT2D eigenvalue weighted by Crippen LogP contribution is 2.30. The van der Waals surface area contributed by atoms with Crippen LogP contribution in [0.25, 0.3) is 0 Å². The van der Waals surface area contributed by atoms with Crippen LogP contribution in [-0.4, -0.2) is 18.0 Å². The lowest BCUT2D eigenvalue weighted by atomic mass is 9.90. The van der Waals surface area contributed by atoms with Gasteiger partial charge in [0.15, 0.2) is 0 Å². The lowest BCUT2D eigenvalue weighted by Crippen LogP contribution is -2.51. The molecule has 1 amide bonds. The Morgan fingerprint density at radius 1 is 1.29 bits per heavy atom. The van der Waals surface area contributed by atoms with Crippen LogP contribution in [0.4, 0.5) is 13.2 Å². The minimum absolute atomic E-state index is 0.0765. The third kappa shape index (κ3) is 5.24. The first-order chi connectivity index (χ1) is 11.0. The van der Waals surface area contributed by atoms with Crippen molar-refractivity contribution in [2.75, 3.05) is 6.54 Å². The molecule has 2 N–H and O–H groups in total. The number of nitriles is 1. The van der Waals surface area contributed by atoms with E-state index in [9.17, 15) is 23.2 Å². The summed E-state index contributed by atoms with van der Waals surface area (Å²) in [4.78, 5) is 12.0. The van der Waals surface area contributed by atoms with E-state index in [0.29, 0.717) is 5.56 Å². The number of carbonyl (C=O) groups excluding carboxylic acids is 1. The van der Waals surface area contributed by atoms with E-state index in [-0.39, 0.29) is 18.4 Å². The van der Waals surface area contributed by atoms with Crippen LogP contribution in [0.1, 0.15) is 44.9 Å².